The second-order valence-electron chi connectivity index (χ2n) is 3.91. The topological polar surface area (TPSA) is 59.3 Å². The molecule has 3 rings (SSSR count). The van der Waals surface area contributed by atoms with Gasteiger partial charge in [-0.3, -0.25) is 4.79 Å². The predicted octanol–water partition coefficient (Wildman–Crippen LogP) is 2.51. The minimum atomic E-state index is -0.374. The maximum Gasteiger partial charge on any atom is 0.344 e. The Labute approximate surface area is 102 Å². The molecule has 18 heavy (non-hydrogen) atoms. The van der Waals surface area contributed by atoms with Gasteiger partial charge in [0.25, 0.3) is 0 Å². The van der Waals surface area contributed by atoms with Crippen LogP contribution in [0.3, 0.4) is 0 Å². The number of anilines is 1. The van der Waals surface area contributed by atoms with Gasteiger partial charge >= 0.3 is 5.63 Å². The number of fused-ring (bicyclic) bond motifs is 3. The minimum absolute atomic E-state index is 0.374. The number of nitrogens with one attached hydrogen (secondary N) is 1. The number of rotatable bonds is 2. The third-order valence-corrected chi connectivity index (χ3v) is 2.85. The van der Waals surface area contributed by atoms with Gasteiger partial charge in [-0.05, 0) is 23.6 Å². The molecular formula is C14H9NO3. The first-order valence-corrected chi connectivity index (χ1v) is 5.45. The lowest BCUT2D eigenvalue weighted by Crippen LogP contribution is -2.00. The molecule has 0 aliphatic rings. The Balaban J connectivity index is 2.42. The number of hydrogen-bond donors (Lipinski definition) is 1. The molecule has 0 radical (unpaired) electrons. The molecule has 0 spiro atoms. The lowest BCUT2D eigenvalue weighted by molar-refractivity contribution is -0.105. The van der Waals surface area contributed by atoms with Crippen LogP contribution in [0.15, 0.2) is 51.7 Å². The minimum Gasteiger partial charge on any atom is -0.422 e. The normalized spacial score (nSPS) is 10.7. The Bertz CT molecular complexity index is 805. The first-order chi connectivity index (χ1) is 8.79. The Morgan fingerprint density at radius 3 is 2.56 bits per heavy atom. The van der Waals surface area contributed by atoms with Crippen molar-refractivity contribution in [1.82, 2.24) is 0 Å². The molecule has 88 valence electrons. The fourth-order valence-electron chi connectivity index (χ4n) is 2.04. The van der Waals surface area contributed by atoms with Crippen molar-refractivity contribution in [2.45, 2.75) is 0 Å². The van der Waals surface area contributed by atoms with E-state index in [1.54, 1.807) is 24.3 Å². The zero-order valence-electron chi connectivity index (χ0n) is 9.34. The van der Waals surface area contributed by atoms with Crippen LogP contribution in [0.25, 0.3) is 21.7 Å². The first-order valence-electron chi connectivity index (χ1n) is 5.45. The van der Waals surface area contributed by atoms with Gasteiger partial charge in [-0.1, -0.05) is 18.2 Å². The third kappa shape index (κ3) is 1.55. The zero-order chi connectivity index (χ0) is 12.5. The van der Waals surface area contributed by atoms with E-state index in [0.29, 0.717) is 23.1 Å². The van der Waals surface area contributed by atoms with Crippen molar-refractivity contribution in [3.05, 3.63) is 52.9 Å². The van der Waals surface area contributed by atoms with E-state index >= 15 is 0 Å². The largest absolute Gasteiger partial charge is 0.422 e. The Hall–Kier alpha value is -2.62. The van der Waals surface area contributed by atoms with E-state index in [1.165, 1.54) is 0 Å². The Morgan fingerprint density at radius 1 is 1.00 bits per heavy atom. The molecule has 3 aromatic rings. The number of amides is 1. The van der Waals surface area contributed by atoms with Crippen LogP contribution in [0.1, 0.15) is 0 Å². The van der Waals surface area contributed by atoms with Crippen LogP contribution in [0, 0.1) is 0 Å². The summed E-state index contributed by atoms with van der Waals surface area (Å²) in [7, 11) is 0. The molecule has 1 N–H and O–H groups in total. The molecule has 1 heterocycles. The fraction of sp³-hybridized carbons (Fsp3) is 0. The van der Waals surface area contributed by atoms with E-state index in [2.05, 4.69) is 5.32 Å². The molecule has 2 aromatic carbocycles. The second kappa shape index (κ2) is 4.00. The summed E-state index contributed by atoms with van der Waals surface area (Å²) in [5, 5.41) is 4.78. The third-order valence-electron chi connectivity index (χ3n) is 2.85. The molecule has 0 fully saturated rings. The number of carbonyl (C=O) groups excluding carboxylic acids is 1. The van der Waals surface area contributed by atoms with Gasteiger partial charge in [0.15, 0.2) is 0 Å². The fourth-order valence-corrected chi connectivity index (χ4v) is 2.04. The van der Waals surface area contributed by atoms with Gasteiger partial charge < -0.3 is 9.73 Å². The molecule has 0 atom stereocenters. The Morgan fingerprint density at radius 2 is 1.78 bits per heavy atom. The summed E-state index contributed by atoms with van der Waals surface area (Å²) in [6, 6.07) is 12.5. The average Bonchev–Trinajstić information content (AvgIpc) is 2.39. The van der Waals surface area contributed by atoms with Crippen molar-refractivity contribution in [2.24, 2.45) is 0 Å². The predicted molar refractivity (Wildman–Crippen MR) is 69.7 cm³/mol. The maximum atomic E-state index is 11.8. The van der Waals surface area contributed by atoms with Crippen LogP contribution in [-0.2, 0) is 4.79 Å². The molecule has 0 aliphatic heterocycles. The molecule has 0 aliphatic carbocycles. The van der Waals surface area contributed by atoms with Gasteiger partial charge in [-0.2, -0.15) is 0 Å². The monoisotopic (exact) mass is 239 g/mol. The van der Waals surface area contributed by atoms with Crippen LogP contribution in [0.5, 0.6) is 0 Å². The van der Waals surface area contributed by atoms with Crippen LogP contribution in [0.2, 0.25) is 0 Å². The molecule has 4 nitrogen and oxygen atoms in total. The summed E-state index contributed by atoms with van der Waals surface area (Å²) in [6.07, 6.45) is 0.584. The van der Waals surface area contributed by atoms with Crippen molar-refractivity contribution in [2.75, 3.05) is 5.32 Å². The molecule has 1 aromatic heterocycles. The highest BCUT2D eigenvalue weighted by Crippen LogP contribution is 2.24. The molecule has 0 saturated carbocycles. The van der Waals surface area contributed by atoms with Gasteiger partial charge in [-0.25, -0.2) is 4.79 Å². The number of benzene rings is 2. The lowest BCUT2D eigenvalue weighted by atomic mass is 10.1. The Kier molecular flexibility index (Phi) is 2.34. The summed E-state index contributed by atoms with van der Waals surface area (Å²) in [6.45, 7) is 0. The number of hydrogen-bond acceptors (Lipinski definition) is 3. The molecule has 1 amide bonds. The first kappa shape index (κ1) is 10.5. The van der Waals surface area contributed by atoms with E-state index in [0.717, 1.165) is 10.8 Å². The van der Waals surface area contributed by atoms with E-state index in [4.69, 9.17) is 4.42 Å². The summed E-state index contributed by atoms with van der Waals surface area (Å²) < 4.78 is 5.25. The van der Waals surface area contributed by atoms with Crippen LogP contribution in [-0.4, -0.2) is 6.41 Å². The average molecular weight is 239 g/mol. The van der Waals surface area contributed by atoms with Crippen LogP contribution >= 0.6 is 0 Å². The van der Waals surface area contributed by atoms with Gasteiger partial charge in [0, 0.05) is 17.1 Å². The van der Waals surface area contributed by atoms with Crippen molar-refractivity contribution in [3.63, 3.8) is 0 Å². The smallest absolute Gasteiger partial charge is 0.344 e. The number of carbonyl (C=O) groups is 1. The standard InChI is InChI=1S/C14H9NO3/c16-8-15-9-5-6-11-10-3-1-2-4-12(10)14(17)18-13(11)7-9/h1-8H,(H,15,16). The van der Waals surface area contributed by atoms with Crippen molar-refractivity contribution in [3.8, 4) is 0 Å². The molecule has 0 unspecified atom stereocenters. The van der Waals surface area contributed by atoms with E-state index < -0.39 is 0 Å². The summed E-state index contributed by atoms with van der Waals surface area (Å²) in [5.41, 5.74) is 0.683. The highest BCUT2D eigenvalue weighted by molar-refractivity contribution is 6.05. The van der Waals surface area contributed by atoms with E-state index in [1.807, 2.05) is 18.2 Å². The highest BCUT2D eigenvalue weighted by Gasteiger charge is 2.06. The van der Waals surface area contributed by atoms with Gasteiger partial charge in [-0.15, -0.1) is 0 Å². The van der Waals surface area contributed by atoms with E-state index in [-0.39, 0.29) is 5.63 Å². The molecule has 0 saturated heterocycles. The van der Waals surface area contributed by atoms with Gasteiger partial charge in [0.2, 0.25) is 6.41 Å². The van der Waals surface area contributed by atoms with Gasteiger partial charge in [0.05, 0.1) is 5.39 Å². The summed E-state index contributed by atoms with van der Waals surface area (Å²) in [4.78, 5) is 22.2. The SMILES string of the molecule is O=CNc1ccc2c(c1)oc(=O)c1ccccc12. The molecule has 0 bridgehead atoms. The van der Waals surface area contributed by atoms with Crippen LogP contribution in [0.4, 0.5) is 5.69 Å². The molecular weight excluding hydrogens is 230 g/mol. The second-order valence-corrected chi connectivity index (χ2v) is 3.91. The highest BCUT2D eigenvalue weighted by atomic mass is 16.4. The van der Waals surface area contributed by atoms with Crippen molar-refractivity contribution in [1.29, 1.82) is 0 Å². The zero-order valence-corrected chi connectivity index (χ0v) is 9.34. The summed E-state index contributed by atoms with van der Waals surface area (Å²) in [5.74, 6) is 0. The maximum absolute atomic E-state index is 11.8. The molecule has 4 heteroatoms. The van der Waals surface area contributed by atoms with Crippen LogP contribution < -0.4 is 10.9 Å². The lowest BCUT2D eigenvalue weighted by Gasteiger charge is -2.04. The van der Waals surface area contributed by atoms with E-state index in [9.17, 15) is 9.59 Å². The van der Waals surface area contributed by atoms with Gasteiger partial charge in [0.1, 0.15) is 5.58 Å². The van der Waals surface area contributed by atoms with Crippen molar-refractivity contribution >= 4 is 33.8 Å². The quantitative estimate of drug-likeness (QED) is 0.424. The summed E-state index contributed by atoms with van der Waals surface area (Å²) >= 11 is 0. The van der Waals surface area contributed by atoms with Crippen molar-refractivity contribution < 1.29 is 9.21 Å².